The van der Waals surface area contributed by atoms with Gasteiger partial charge >= 0.3 is 17.9 Å². The van der Waals surface area contributed by atoms with Gasteiger partial charge in [0, 0.05) is 18.6 Å². The number of hydrogen-bond acceptors (Lipinski definition) is 10. The molecule has 59 heavy (non-hydrogen) atoms. The Labute approximate surface area is 363 Å². The Hall–Kier alpha value is -2.17. The SMILES string of the molecule is CCCCCCC(CSCCCCCC(CCCCCOC(=O)C1CCCCCCCCCCCCCC1)OC(=O)CCc1nn[nH]n1)OC(=O)CCC1CCCCC1. The first-order valence-electron chi connectivity index (χ1n) is 24.9. The second-order valence-corrected chi connectivity index (χ2v) is 19.1. The summed E-state index contributed by atoms with van der Waals surface area (Å²) < 4.78 is 17.9. The lowest BCUT2D eigenvalue weighted by Crippen LogP contribution is -2.22. The van der Waals surface area contributed by atoms with Crippen molar-refractivity contribution in [1.29, 1.82) is 0 Å². The number of hydrogen-bond donors (Lipinski definition) is 1. The topological polar surface area (TPSA) is 133 Å². The number of rotatable bonds is 28. The molecule has 2 atom stereocenters. The summed E-state index contributed by atoms with van der Waals surface area (Å²) in [6, 6.07) is 0. The number of ether oxygens (including phenoxy) is 3. The molecule has 2 saturated carbocycles. The molecule has 3 rings (SSSR count). The van der Waals surface area contributed by atoms with Crippen LogP contribution in [0, 0.1) is 11.8 Å². The smallest absolute Gasteiger partial charge is 0.308 e. The molecular formula is C48H86N4O6S. The van der Waals surface area contributed by atoms with Gasteiger partial charge in [-0.25, -0.2) is 0 Å². The van der Waals surface area contributed by atoms with Crippen LogP contribution >= 0.6 is 11.8 Å². The fourth-order valence-corrected chi connectivity index (χ4v) is 9.94. The van der Waals surface area contributed by atoms with E-state index in [9.17, 15) is 14.4 Å². The molecule has 0 aromatic carbocycles. The minimum Gasteiger partial charge on any atom is -0.465 e. The van der Waals surface area contributed by atoms with Gasteiger partial charge in [-0.1, -0.05) is 147 Å². The molecule has 1 aromatic heterocycles. The first-order chi connectivity index (χ1) is 29.0. The lowest BCUT2D eigenvalue weighted by atomic mass is 9.86. The van der Waals surface area contributed by atoms with E-state index in [2.05, 4.69) is 27.5 Å². The van der Waals surface area contributed by atoms with Crippen molar-refractivity contribution in [2.75, 3.05) is 18.1 Å². The van der Waals surface area contributed by atoms with Crippen molar-refractivity contribution < 1.29 is 28.6 Å². The molecule has 11 heteroatoms. The zero-order valence-corrected chi connectivity index (χ0v) is 38.4. The van der Waals surface area contributed by atoms with Crippen LogP contribution in [-0.4, -0.2) is 68.9 Å². The first-order valence-corrected chi connectivity index (χ1v) is 26.0. The second-order valence-electron chi connectivity index (χ2n) is 17.9. The molecule has 0 aliphatic heterocycles. The highest BCUT2D eigenvalue weighted by Crippen LogP contribution is 2.28. The molecular weight excluding hydrogens is 761 g/mol. The molecule has 0 spiro atoms. The Bertz CT molecular complexity index is 1150. The van der Waals surface area contributed by atoms with Gasteiger partial charge in [-0.05, 0) is 88.7 Å². The average Bonchev–Trinajstić information content (AvgIpc) is 3.77. The van der Waals surface area contributed by atoms with Crippen LogP contribution in [0.15, 0.2) is 0 Å². The van der Waals surface area contributed by atoms with E-state index in [4.69, 9.17) is 14.2 Å². The van der Waals surface area contributed by atoms with Gasteiger partial charge < -0.3 is 14.2 Å². The maximum absolute atomic E-state index is 13.1. The summed E-state index contributed by atoms with van der Waals surface area (Å²) in [6.45, 7) is 2.70. The monoisotopic (exact) mass is 847 g/mol. The fraction of sp³-hybridized carbons (Fsp3) is 0.917. The van der Waals surface area contributed by atoms with Crippen molar-refractivity contribution >= 4 is 29.7 Å². The molecule has 10 nitrogen and oxygen atoms in total. The second kappa shape index (κ2) is 35.4. The van der Waals surface area contributed by atoms with Crippen LogP contribution in [0.25, 0.3) is 0 Å². The van der Waals surface area contributed by atoms with Crippen molar-refractivity contribution in [3.8, 4) is 0 Å². The summed E-state index contributed by atoms with van der Waals surface area (Å²) in [5.41, 5.74) is 0. The Morgan fingerprint density at radius 2 is 1.19 bits per heavy atom. The highest BCUT2D eigenvalue weighted by molar-refractivity contribution is 7.99. The van der Waals surface area contributed by atoms with E-state index in [0.717, 1.165) is 108 Å². The summed E-state index contributed by atoms with van der Waals surface area (Å²) in [5, 5.41) is 13.9. The van der Waals surface area contributed by atoms with Crippen LogP contribution < -0.4 is 0 Å². The quantitative estimate of drug-likeness (QED) is 0.0493. The molecule has 0 radical (unpaired) electrons. The van der Waals surface area contributed by atoms with Gasteiger partial charge in [-0.15, -0.1) is 10.2 Å². The van der Waals surface area contributed by atoms with Crippen LogP contribution in [0.3, 0.4) is 0 Å². The number of aromatic nitrogens is 4. The van der Waals surface area contributed by atoms with Crippen molar-refractivity contribution in [3.05, 3.63) is 5.82 Å². The van der Waals surface area contributed by atoms with Gasteiger partial charge in [-0.3, -0.25) is 14.4 Å². The zero-order chi connectivity index (χ0) is 41.9. The van der Waals surface area contributed by atoms with Gasteiger partial charge in [0.05, 0.1) is 18.9 Å². The van der Waals surface area contributed by atoms with Gasteiger partial charge in [0.2, 0.25) is 0 Å². The van der Waals surface area contributed by atoms with Crippen LogP contribution in [-0.2, 0) is 35.0 Å². The molecule has 0 amide bonds. The number of aryl methyl sites for hydroxylation is 1. The lowest BCUT2D eigenvalue weighted by Gasteiger charge is -2.22. The number of esters is 3. The summed E-state index contributed by atoms with van der Waals surface area (Å²) >= 11 is 1.91. The minimum absolute atomic E-state index is 0.00204. The standard InChI is InChI=1S/C48H86N4O6S/c1-2-3-4-22-33-44(58-46(53)36-34-41-27-18-15-19-28-41)40-59-39-26-17-24-32-43(57-47(54)37-35-45-49-51-52-50-45)31-23-16-25-38-56-48(55)42-29-20-13-11-9-7-5-6-8-10-12-14-21-30-42/h41-44H,2-40H2,1H3,(H,49,50,51,52). The Balaban J connectivity index is 1.34. The molecule has 2 aliphatic rings. The van der Waals surface area contributed by atoms with E-state index in [1.165, 1.54) is 116 Å². The molecule has 1 aromatic rings. The maximum atomic E-state index is 13.1. The number of tetrazole rings is 1. The molecule has 2 aliphatic carbocycles. The Morgan fingerprint density at radius 1 is 0.644 bits per heavy atom. The van der Waals surface area contributed by atoms with Crippen molar-refractivity contribution in [3.63, 3.8) is 0 Å². The number of nitrogens with one attached hydrogen (secondary N) is 1. The summed E-state index contributed by atoms with van der Waals surface area (Å²) in [7, 11) is 0. The summed E-state index contributed by atoms with van der Waals surface area (Å²) in [5.74, 6) is 2.96. The fourth-order valence-electron chi connectivity index (χ4n) is 8.87. The van der Waals surface area contributed by atoms with Gasteiger partial charge in [0.1, 0.15) is 12.2 Å². The van der Waals surface area contributed by atoms with E-state index < -0.39 is 0 Å². The predicted octanol–water partition coefficient (Wildman–Crippen LogP) is 12.8. The van der Waals surface area contributed by atoms with Gasteiger partial charge in [0.15, 0.2) is 5.82 Å². The lowest BCUT2D eigenvalue weighted by molar-refractivity contribution is -0.151. The number of thioether (sulfide) groups is 1. The van der Waals surface area contributed by atoms with E-state index in [1.54, 1.807) is 0 Å². The molecule has 0 saturated heterocycles. The van der Waals surface area contributed by atoms with Crippen LogP contribution in [0.1, 0.15) is 237 Å². The number of H-pyrrole nitrogens is 1. The normalized spacial score (nSPS) is 18.0. The van der Waals surface area contributed by atoms with Gasteiger partial charge in [0.25, 0.3) is 0 Å². The Morgan fingerprint density at radius 3 is 1.81 bits per heavy atom. The van der Waals surface area contributed by atoms with Crippen LogP contribution in [0.2, 0.25) is 0 Å². The van der Waals surface area contributed by atoms with E-state index in [0.29, 0.717) is 31.2 Å². The average molecular weight is 847 g/mol. The van der Waals surface area contributed by atoms with E-state index in [1.807, 2.05) is 11.8 Å². The molecule has 340 valence electrons. The summed E-state index contributed by atoms with van der Waals surface area (Å²) in [4.78, 5) is 38.7. The van der Waals surface area contributed by atoms with Crippen molar-refractivity contribution in [1.82, 2.24) is 20.6 Å². The molecule has 2 unspecified atom stereocenters. The third-order valence-corrected chi connectivity index (χ3v) is 13.8. The first kappa shape index (κ1) is 51.2. The largest absolute Gasteiger partial charge is 0.465 e. The highest BCUT2D eigenvalue weighted by Gasteiger charge is 2.21. The number of nitrogens with zero attached hydrogens (tertiary/aromatic N) is 3. The zero-order valence-electron chi connectivity index (χ0n) is 37.6. The molecule has 0 bridgehead atoms. The van der Waals surface area contributed by atoms with Crippen LogP contribution in [0.4, 0.5) is 0 Å². The third kappa shape index (κ3) is 27.4. The van der Waals surface area contributed by atoms with E-state index in [-0.39, 0.29) is 42.5 Å². The van der Waals surface area contributed by atoms with E-state index >= 15 is 0 Å². The van der Waals surface area contributed by atoms with Gasteiger partial charge in [-0.2, -0.15) is 17.0 Å². The third-order valence-electron chi connectivity index (χ3n) is 12.6. The van der Waals surface area contributed by atoms with Crippen LogP contribution in [0.5, 0.6) is 0 Å². The molecule has 1 N–H and O–H groups in total. The number of carbonyl (C=O) groups excluding carboxylic acids is 3. The number of carbonyl (C=O) groups is 3. The Kier molecular flexibility index (Phi) is 30.7. The minimum atomic E-state index is -0.221. The summed E-state index contributed by atoms with van der Waals surface area (Å²) in [6.07, 6.45) is 39.2. The van der Waals surface area contributed by atoms with Crippen molar-refractivity contribution in [2.45, 2.75) is 250 Å². The highest BCUT2D eigenvalue weighted by atomic mass is 32.2. The maximum Gasteiger partial charge on any atom is 0.308 e. The van der Waals surface area contributed by atoms with Crippen molar-refractivity contribution in [2.24, 2.45) is 11.8 Å². The molecule has 2 fully saturated rings. The number of aromatic amines is 1. The predicted molar refractivity (Wildman–Crippen MR) is 240 cm³/mol. The molecule has 1 heterocycles. The number of unbranched alkanes of at least 4 members (excludes halogenated alkanes) is 7.